The monoisotopic (exact) mass is 423 g/mol. The lowest BCUT2D eigenvalue weighted by molar-refractivity contribution is -0.114. The SMILES string of the molecule is CC(=O)Nc1cc(Oc2ccc3nc(Nc4ccc(F)cc4F)n(C)c3c2C)ccn1. The number of carbonyl (C=O) groups is 1. The maximum Gasteiger partial charge on any atom is 0.222 e. The Hall–Kier alpha value is -4.01. The number of fused-ring (bicyclic) bond motifs is 1. The summed E-state index contributed by atoms with van der Waals surface area (Å²) in [7, 11) is 1.79. The molecule has 1 amide bonds. The van der Waals surface area contributed by atoms with E-state index in [-0.39, 0.29) is 11.6 Å². The number of ether oxygens (including phenoxy) is 1. The number of amides is 1. The van der Waals surface area contributed by atoms with Crippen LogP contribution in [-0.4, -0.2) is 20.4 Å². The molecule has 4 aromatic rings. The van der Waals surface area contributed by atoms with E-state index in [9.17, 15) is 13.6 Å². The molecule has 0 fully saturated rings. The highest BCUT2D eigenvalue weighted by Gasteiger charge is 2.15. The fraction of sp³-hybridized carbons (Fsp3) is 0.136. The van der Waals surface area contributed by atoms with Gasteiger partial charge in [0.2, 0.25) is 11.9 Å². The number of benzene rings is 2. The Morgan fingerprint density at radius 2 is 1.94 bits per heavy atom. The van der Waals surface area contributed by atoms with Crippen LogP contribution in [-0.2, 0) is 11.8 Å². The quantitative estimate of drug-likeness (QED) is 0.470. The van der Waals surface area contributed by atoms with Gasteiger partial charge >= 0.3 is 0 Å². The molecule has 0 unspecified atom stereocenters. The molecule has 158 valence electrons. The Morgan fingerprint density at radius 3 is 2.68 bits per heavy atom. The van der Waals surface area contributed by atoms with Gasteiger partial charge < -0.3 is 19.9 Å². The molecule has 4 rings (SSSR count). The first kappa shape index (κ1) is 20.3. The Morgan fingerprint density at radius 1 is 1.13 bits per heavy atom. The van der Waals surface area contributed by atoms with Crippen molar-refractivity contribution in [3.63, 3.8) is 0 Å². The number of anilines is 3. The third kappa shape index (κ3) is 4.16. The molecular weight excluding hydrogens is 404 g/mol. The lowest BCUT2D eigenvalue weighted by atomic mass is 10.2. The van der Waals surface area contributed by atoms with Crippen LogP contribution in [0.2, 0.25) is 0 Å². The molecular formula is C22H19F2N5O2. The van der Waals surface area contributed by atoms with Gasteiger partial charge in [0.1, 0.15) is 29.0 Å². The Labute approximate surface area is 176 Å². The molecule has 31 heavy (non-hydrogen) atoms. The third-order valence-corrected chi connectivity index (χ3v) is 4.68. The number of nitrogens with one attached hydrogen (secondary N) is 2. The molecule has 0 bridgehead atoms. The minimum absolute atomic E-state index is 0.121. The van der Waals surface area contributed by atoms with Gasteiger partial charge in [0.25, 0.3) is 0 Å². The number of carbonyl (C=O) groups excluding carboxylic acids is 1. The van der Waals surface area contributed by atoms with Crippen LogP contribution in [0.5, 0.6) is 11.5 Å². The molecule has 0 aliphatic rings. The van der Waals surface area contributed by atoms with Crippen LogP contribution < -0.4 is 15.4 Å². The van der Waals surface area contributed by atoms with Crippen molar-refractivity contribution in [2.45, 2.75) is 13.8 Å². The Balaban J connectivity index is 1.66. The molecule has 2 N–H and O–H groups in total. The van der Waals surface area contributed by atoms with E-state index in [4.69, 9.17) is 4.74 Å². The van der Waals surface area contributed by atoms with Crippen LogP contribution in [0.3, 0.4) is 0 Å². The summed E-state index contributed by atoms with van der Waals surface area (Å²) in [4.78, 5) is 19.8. The summed E-state index contributed by atoms with van der Waals surface area (Å²) in [5.74, 6) is 0.304. The van der Waals surface area contributed by atoms with Crippen molar-refractivity contribution in [2.75, 3.05) is 10.6 Å². The second-order valence-corrected chi connectivity index (χ2v) is 6.96. The van der Waals surface area contributed by atoms with Crippen LogP contribution in [0.15, 0.2) is 48.7 Å². The van der Waals surface area contributed by atoms with Gasteiger partial charge in [-0.15, -0.1) is 0 Å². The maximum absolute atomic E-state index is 14.0. The second kappa shape index (κ2) is 8.02. The van der Waals surface area contributed by atoms with Crippen LogP contribution in [0.25, 0.3) is 11.0 Å². The van der Waals surface area contributed by atoms with Gasteiger partial charge in [-0.1, -0.05) is 0 Å². The fourth-order valence-corrected chi connectivity index (χ4v) is 3.26. The van der Waals surface area contributed by atoms with E-state index >= 15 is 0 Å². The smallest absolute Gasteiger partial charge is 0.222 e. The normalized spacial score (nSPS) is 10.9. The van der Waals surface area contributed by atoms with Crippen molar-refractivity contribution in [3.05, 3.63) is 65.9 Å². The zero-order chi connectivity index (χ0) is 22.1. The molecule has 0 aliphatic carbocycles. The van der Waals surface area contributed by atoms with Gasteiger partial charge in [-0.3, -0.25) is 4.79 Å². The van der Waals surface area contributed by atoms with Crippen LogP contribution in [0.1, 0.15) is 12.5 Å². The summed E-state index contributed by atoms with van der Waals surface area (Å²) in [6.07, 6.45) is 1.54. The molecule has 0 atom stereocenters. The largest absolute Gasteiger partial charge is 0.457 e. The molecule has 7 nitrogen and oxygen atoms in total. The van der Waals surface area contributed by atoms with Crippen molar-refractivity contribution in [1.29, 1.82) is 0 Å². The fourth-order valence-electron chi connectivity index (χ4n) is 3.26. The maximum atomic E-state index is 14.0. The van der Waals surface area contributed by atoms with E-state index in [0.717, 1.165) is 17.1 Å². The van der Waals surface area contributed by atoms with Gasteiger partial charge in [-0.2, -0.15) is 0 Å². The molecule has 0 radical (unpaired) electrons. The number of aromatic nitrogens is 3. The van der Waals surface area contributed by atoms with Gasteiger partial charge in [-0.05, 0) is 37.3 Å². The first-order chi connectivity index (χ1) is 14.8. The molecule has 0 spiro atoms. The average molecular weight is 423 g/mol. The van der Waals surface area contributed by atoms with E-state index < -0.39 is 11.6 Å². The number of pyridine rings is 1. The van der Waals surface area contributed by atoms with Crippen molar-refractivity contribution in [2.24, 2.45) is 7.05 Å². The van der Waals surface area contributed by atoms with Crippen LogP contribution in [0, 0.1) is 18.6 Å². The van der Waals surface area contributed by atoms with Crippen molar-refractivity contribution >= 4 is 34.4 Å². The number of aryl methyl sites for hydroxylation is 2. The van der Waals surface area contributed by atoms with E-state index in [2.05, 4.69) is 20.6 Å². The molecule has 0 saturated carbocycles. The highest BCUT2D eigenvalue weighted by Crippen LogP contribution is 2.33. The van der Waals surface area contributed by atoms with Crippen LogP contribution in [0.4, 0.5) is 26.2 Å². The minimum Gasteiger partial charge on any atom is -0.457 e. The summed E-state index contributed by atoms with van der Waals surface area (Å²) in [5, 5.41) is 5.51. The van der Waals surface area contributed by atoms with Crippen molar-refractivity contribution in [1.82, 2.24) is 14.5 Å². The summed E-state index contributed by atoms with van der Waals surface area (Å²) >= 11 is 0. The highest BCUT2D eigenvalue weighted by atomic mass is 19.1. The summed E-state index contributed by atoms with van der Waals surface area (Å²) in [5.41, 5.74) is 2.42. The van der Waals surface area contributed by atoms with Crippen molar-refractivity contribution in [3.8, 4) is 11.5 Å². The Kier molecular flexibility index (Phi) is 5.24. The number of rotatable bonds is 5. The average Bonchev–Trinajstić information content (AvgIpc) is 3.02. The third-order valence-electron chi connectivity index (χ3n) is 4.68. The summed E-state index contributed by atoms with van der Waals surface area (Å²) in [6, 6.07) is 10.2. The lowest BCUT2D eigenvalue weighted by Crippen LogP contribution is -2.07. The van der Waals surface area contributed by atoms with E-state index in [1.807, 2.05) is 6.92 Å². The molecule has 0 saturated heterocycles. The molecule has 2 aromatic heterocycles. The van der Waals surface area contributed by atoms with Gasteiger partial charge in [0.05, 0.1) is 16.7 Å². The predicted octanol–water partition coefficient (Wildman–Crippen LogP) is 5.05. The van der Waals surface area contributed by atoms with Crippen molar-refractivity contribution < 1.29 is 18.3 Å². The van der Waals surface area contributed by atoms with E-state index in [0.29, 0.717) is 28.8 Å². The number of hydrogen-bond acceptors (Lipinski definition) is 5. The standard InChI is InChI=1S/C22H19F2N5O2/c1-12-19(31-15-8-9-25-20(11-15)26-13(2)30)7-6-18-21(12)29(3)22(28-18)27-17-5-4-14(23)10-16(17)24/h4-11H,1-3H3,(H,27,28)(H,25,26,30). The lowest BCUT2D eigenvalue weighted by Gasteiger charge is -2.12. The van der Waals surface area contributed by atoms with Gasteiger partial charge in [0, 0.05) is 37.9 Å². The summed E-state index contributed by atoms with van der Waals surface area (Å²) in [6.45, 7) is 3.29. The first-order valence-electron chi connectivity index (χ1n) is 9.41. The molecule has 2 heterocycles. The zero-order valence-electron chi connectivity index (χ0n) is 17.0. The van der Waals surface area contributed by atoms with Gasteiger partial charge in [0.15, 0.2) is 0 Å². The number of nitrogens with zero attached hydrogens (tertiary/aromatic N) is 3. The topological polar surface area (TPSA) is 81.1 Å². The minimum atomic E-state index is -0.708. The van der Waals surface area contributed by atoms with Gasteiger partial charge in [-0.25, -0.2) is 18.7 Å². The predicted molar refractivity (Wildman–Crippen MR) is 114 cm³/mol. The first-order valence-corrected chi connectivity index (χ1v) is 9.41. The molecule has 0 aliphatic heterocycles. The Bertz CT molecular complexity index is 1300. The van der Waals surface area contributed by atoms with E-state index in [1.54, 1.807) is 35.9 Å². The highest BCUT2D eigenvalue weighted by molar-refractivity contribution is 5.88. The molecule has 9 heteroatoms. The number of imidazole rings is 1. The zero-order valence-corrected chi connectivity index (χ0v) is 17.0. The van der Waals surface area contributed by atoms with Crippen LogP contribution >= 0.6 is 0 Å². The second-order valence-electron chi connectivity index (χ2n) is 6.96. The number of halogens is 2. The summed E-state index contributed by atoms with van der Waals surface area (Å²) < 4.78 is 35.0. The van der Waals surface area contributed by atoms with E-state index in [1.165, 1.54) is 25.3 Å². The number of hydrogen-bond donors (Lipinski definition) is 2. The molecule has 2 aromatic carbocycles.